The summed E-state index contributed by atoms with van der Waals surface area (Å²) >= 11 is 6.12. The van der Waals surface area contributed by atoms with Crippen LogP contribution in [0.5, 0.6) is 17.2 Å². The summed E-state index contributed by atoms with van der Waals surface area (Å²) in [6, 6.07) is 12.8. The molecule has 0 saturated carbocycles. The summed E-state index contributed by atoms with van der Waals surface area (Å²) in [7, 11) is 3.22. The average Bonchev–Trinajstić information content (AvgIpc) is 2.72. The van der Waals surface area contributed by atoms with Gasteiger partial charge in [-0.1, -0.05) is 23.7 Å². The summed E-state index contributed by atoms with van der Waals surface area (Å²) in [5, 5.41) is 0.662. The third-order valence-electron chi connectivity index (χ3n) is 4.53. The maximum atomic E-state index is 12.5. The Labute approximate surface area is 164 Å². The molecule has 0 aliphatic carbocycles. The lowest BCUT2D eigenvalue weighted by molar-refractivity contribution is -0.133. The Morgan fingerprint density at radius 2 is 1.63 bits per heavy atom. The predicted octanol–water partition coefficient (Wildman–Crippen LogP) is 3.08. The SMILES string of the molecule is COc1ccccc1OCC(=O)N1CCN(c2cc(Cl)ccc2OC)CC1. The molecule has 2 aromatic rings. The summed E-state index contributed by atoms with van der Waals surface area (Å²) in [6.07, 6.45) is 0. The number of carbonyl (C=O) groups excluding carboxylic acids is 1. The molecule has 2 aromatic carbocycles. The van der Waals surface area contributed by atoms with Crippen molar-refractivity contribution < 1.29 is 19.0 Å². The van der Waals surface area contributed by atoms with Gasteiger partial charge in [-0.15, -0.1) is 0 Å². The van der Waals surface area contributed by atoms with Crippen molar-refractivity contribution >= 4 is 23.2 Å². The van der Waals surface area contributed by atoms with Gasteiger partial charge in [0.2, 0.25) is 0 Å². The first-order valence-corrected chi connectivity index (χ1v) is 9.12. The molecule has 1 saturated heterocycles. The number of nitrogens with zero attached hydrogens (tertiary/aromatic N) is 2. The number of benzene rings is 2. The summed E-state index contributed by atoms with van der Waals surface area (Å²) in [4.78, 5) is 16.5. The third-order valence-corrected chi connectivity index (χ3v) is 4.77. The fourth-order valence-electron chi connectivity index (χ4n) is 3.08. The molecule has 0 aromatic heterocycles. The Morgan fingerprint density at radius 3 is 2.30 bits per heavy atom. The van der Waals surface area contributed by atoms with Gasteiger partial charge in [-0.2, -0.15) is 0 Å². The number of halogens is 1. The minimum Gasteiger partial charge on any atom is -0.495 e. The average molecular weight is 391 g/mol. The number of piperazine rings is 1. The van der Waals surface area contributed by atoms with Crippen LogP contribution in [0, 0.1) is 0 Å². The minimum absolute atomic E-state index is 0.0130. The van der Waals surface area contributed by atoms with Crippen LogP contribution >= 0.6 is 11.6 Å². The largest absolute Gasteiger partial charge is 0.495 e. The summed E-state index contributed by atoms with van der Waals surface area (Å²) < 4.78 is 16.3. The number of methoxy groups -OCH3 is 2. The zero-order valence-corrected chi connectivity index (χ0v) is 16.2. The first kappa shape index (κ1) is 19.2. The minimum atomic E-state index is -0.0429. The molecule has 1 amide bonds. The number of para-hydroxylation sites is 2. The second kappa shape index (κ2) is 8.86. The molecule has 0 atom stereocenters. The maximum absolute atomic E-state index is 12.5. The van der Waals surface area contributed by atoms with Crippen molar-refractivity contribution in [2.45, 2.75) is 0 Å². The van der Waals surface area contributed by atoms with E-state index in [0.29, 0.717) is 42.7 Å². The molecule has 6 nitrogen and oxygen atoms in total. The third kappa shape index (κ3) is 4.57. The van der Waals surface area contributed by atoms with Gasteiger partial charge in [-0.05, 0) is 30.3 Å². The van der Waals surface area contributed by atoms with Gasteiger partial charge in [-0.25, -0.2) is 0 Å². The first-order chi connectivity index (χ1) is 13.1. The van der Waals surface area contributed by atoms with Gasteiger partial charge in [0, 0.05) is 31.2 Å². The highest BCUT2D eigenvalue weighted by Gasteiger charge is 2.23. The lowest BCUT2D eigenvalue weighted by atomic mass is 10.2. The Bertz CT molecular complexity index is 791. The Morgan fingerprint density at radius 1 is 0.963 bits per heavy atom. The highest BCUT2D eigenvalue weighted by Crippen LogP contribution is 2.32. The van der Waals surface area contributed by atoms with E-state index in [1.165, 1.54) is 0 Å². The fraction of sp³-hybridized carbons (Fsp3) is 0.350. The molecule has 0 spiro atoms. The number of amides is 1. The van der Waals surface area contributed by atoms with Crippen molar-refractivity contribution in [1.29, 1.82) is 0 Å². The van der Waals surface area contributed by atoms with Gasteiger partial charge in [-0.3, -0.25) is 4.79 Å². The van der Waals surface area contributed by atoms with E-state index < -0.39 is 0 Å². The zero-order chi connectivity index (χ0) is 19.2. The molecule has 1 aliphatic rings. The molecule has 1 aliphatic heterocycles. The van der Waals surface area contributed by atoms with Gasteiger partial charge < -0.3 is 24.0 Å². The van der Waals surface area contributed by atoms with Crippen molar-refractivity contribution in [3.8, 4) is 17.2 Å². The normalized spacial score (nSPS) is 14.0. The Kier molecular flexibility index (Phi) is 6.29. The van der Waals surface area contributed by atoms with Crippen LogP contribution in [0.25, 0.3) is 0 Å². The number of ether oxygens (including phenoxy) is 3. The number of rotatable bonds is 6. The van der Waals surface area contributed by atoms with Gasteiger partial charge in [0.25, 0.3) is 5.91 Å². The van der Waals surface area contributed by atoms with Gasteiger partial charge in [0.05, 0.1) is 19.9 Å². The smallest absolute Gasteiger partial charge is 0.260 e. The van der Waals surface area contributed by atoms with Gasteiger partial charge in [0.15, 0.2) is 18.1 Å². The molecule has 1 fully saturated rings. The highest BCUT2D eigenvalue weighted by atomic mass is 35.5. The highest BCUT2D eigenvalue weighted by molar-refractivity contribution is 6.30. The fourth-order valence-corrected chi connectivity index (χ4v) is 3.24. The van der Waals surface area contributed by atoms with E-state index in [-0.39, 0.29) is 12.5 Å². The Balaban J connectivity index is 1.56. The summed E-state index contributed by atoms with van der Waals surface area (Å²) in [5.41, 5.74) is 0.947. The van der Waals surface area contributed by atoms with Crippen LogP contribution in [0.2, 0.25) is 5.02 Å². The molecule has 3 rings (SSSR count). The van der Waals surface area contributed by atoms with Gasteiger partial charge >= 0.3 is 0 Å². The molecule has 7 heteroatoms. The summed E-state index contributed by atoms with van der Waals surface area (Å²) in [5.74, 6) is 1.91. The molecule has 0 N–H and O–H groups in total. The van der Waals surface area contributed by atoms with E-state index in [4.69, 9.17) is 25.8 Å². The molecular weight excluding hydrogens is 368 g/mol. The number of hydrogen-bond donors (Lipinski definition) is 0. The van der Waals surface area contributed by atoms with Gasteiger partial charge in [0.1, 0.15) is 5.75 Å². The first-order valence-electron chi connectivity index (χ1n) is 8.74. The van der Waals surface area contributed by atoms with Crippen LogP contribution in [-0.4, -0.2) is 57.8 Å². The Hall–Kier alpha value is -2.60. The van der Waals surface area contributed by atoms with Crippen LogP contribution in [-0.2, 0) is 4.79 Å². The van der Waals surface area contributed by atoms with Crippen LogP contribution in [0.4, 0.5) is 5.69 Å². The molecule has 0 bridgehead atoms. The molecule has 0 radical (unpaired) electrons. The van der Waals surface area contributed by atoms with Crippen molar-refractivity contribution in [2.75, 3.05) is 51.9 Å². The van der Waals surface area contributed by atoms with Crippen molar-refractivity contribution in [3.05, 3.63) is 47.5 Å². The van der Waals surface area contributed by atoms with Crippen LogP contribution < -0.4 is 19.1 Å². The lowest BCUT2D eigenvalue weighted by Crippen LogP contribution is -2.50. The van der Waals surface area contributed by atoms with Crippen molar-refractivity contribution in [1.82, 2.24) is 4.90 Å². The van der Waals surface area contributed by atoms with Crippen LogP contribution in [0.3, 0.4) is 0 Å². The molecule has 0 unspecified atom stereocenters. The van der Waals surface area contributed by atoms with E-state index >= 15 is 0 Å². The topological polar surface area (TPSA) is 51.2 Å². The second-order valence-electron chi connectivity index (χ2n) is 6.12. The predicted molar refractivity (Wildman–Crippen MR) is 105 cm³/mol. The maximum Gasteiger partial charge on any atom is 0.260 e. The van der Waals surface area contributed by atoms with E-state index in [1.54, 1.807) is 32.4 Å². The van der Waals surface area contributed by atoms with E-state index in [2.05, 4.69) is 4.90 Å². The lowest BCUT2D eigenvalue weighted by Gasteiger charge is -2.36. The van der Waals surface area contributed by atoms with Crippen molar-refractivity contribution in [2.24, 2.45) is 0 Å². The van der Waals surface area contributed by atoms with Crippen LogP contribution in [0.1, 0.15) is 0 Å². The zero-order valence-electron chi connectivity index (χ0n) is 15.5. The molecular formula is C20H23ClN2O4. The molecule has 1 heterocycles. The standard InChI is InChI=1S/C20H23ClN2O4/c1-25-17-8-7-15(21)13-16(17)22-9-11-23(12-10-22)20(24)14-27-19-6-4-3-5-18(19)26-2/h3-8,13H,9-12,14H2,1-2H3. The quantitative estimate of drug-likeness (QED) is 0.758. The van der Waals surface area contributed by atoms with E-state index in [0.717, 1.165) is 11.4 Å². The molecule has 27 heavy (non-hydrogen) atoms. The number of anilines is 1. The summed E-state index contributed by atoms with van der Waals surface area (Å²) in [6.45, 7) is 2.63. The van der Waals surface area contributed by atoms with Crippen LogP contribution in [0.15, 0.2) is 42.5 Å². The number of hydrogen-bond acceptors (Lipinski definition) is 5. The monoisotopic (exact) mass is 390 g/mol. The van der Waals surface area contributed by atoms with E-state index in [9.17, 15) is 4.79 Å². The van der Waals surface area contributed by atoms with E-state index in [1.807, 2.05) is 29.2 Å². The van der Waals surface area contributed by atoms with Crippen molar-refractivity contribution in [3.63, 3.8) is 0 Å². The second-order valence-corrected chi connectivity index (χ2v) is 6.56. The number of carbonyl (C=O) groups is 1. The molecule has 144 valence electrons.